The van der Waals surface area contributed by atoms with Crippen LogP contribution in [0.15, 0.2) is 42.5 Å². The fourth-order valence-corrected chi connectivity index (χ4v) is 9.85. The normalized spacial score (nSPS) is 27.9. The van der Waals surface area contributed by atoms with E-state index in [4.69, 9.17) is 21.6 Å². The van der Waals surface area contributed by atoms with Crippen LogP contribution in [0.2, 0.25) is 5.02 Å². The van der Waals surface area contributed by atoms with Gasteiger partial charge in [-0.15, -0.1) is 10.2 Å². The number of carbonyl (C=O) groups is 5. The van der Waals surface area contributed by atoms with Crippen LogP contribution in [0.4, 0.5) is 15.9 Å². The number of carbonyl (C=O) groups excluding carboxylic acids is 5. The Morgan fingerprint density at radius 2 is 1.69 bits per heavy atom. The van der Waals surface area contributed by atoms with Gasteiger partial charge in [-0.3, -0.25) is 39.1 Å². The molecule has 3 aromatic rings. The molecule has 59 heavy (non-hydrogen) atoms. The number of fused-ring (bicyclic) bond motifs is 2. The van der Waals surface area contributed by atoms with Gasteiger partial charge in [0.1, 0.15) is 23.7 Å². The molecule has 2 aromatic carbocycles. The van der Waals surface area contributed by atoms with Gasteiger partial charge < -0.3 is 19.9 Å². The van der Waals surface area contributed by atoms with Crippen LogP contribution in [0.25, 0.3) is 0 Å². The van der Waals surface area contributed by atoms with Crippen LogP contribution in [0.5, 0.6) is 5.75 Å². The summed E-state index contributed by atoms with van der Waals surface area (Å²) >= 11 is 6.14. The number of hydrogen-bond acceptors (Lipinski definition) is 12. The maximum Gasteiger partial charge on any atom is 0.272 e. The summed E-state index contributed by atoms with van der Waals surface area (Å²) in [5.74, 6) is -0.724. The number of nitrogens with one attached hydrogen (secondary N) is 2. The Bertz CT molecular complexity index is 2270. The molecule has 2 N–H and O–H groups in total. The number of hydrogen-bond donors (Lipinski definition) is 2. The number of piperidine rings is 2. The molecule has 6 aliphatic rings. The van der Waals surface area contributed by atoms with Crippen LogP contribution >= 0.6 is 11.6 Å². The average molecular weight is 824 g/mol. The quantitative estimate of drug-likeness (QED) is 0.300. The third-order valence-corrected chi connectivity index (χ3v) is 13.3. The molecule has 306 valence electrons. The Labute approximate surface area is 344 Å². The molecule has 0 spiro atoms. The number of imide groups is 2. The number of nitriles is 1. The topological polar surface area (TPSA) is 181 Å². The van der Waals surface area contributed by atoms with E-state index in [1.54, 1.807) is 24.3 Å². The first kappa shape index (κ1) is 38.8. The number of ether oxygens (including phenoxy) is 1. The average Bonchev–Trinajstić information content (AvgIpc) is 3.53. The minimum absolute atomic E-state index is 0.00323. The van der Waals surface area contributed by atoms with E-state index in [0.717, 1.165) is 68.6 Å². The van der Waals surface area contributed by atoms with Crippen molar-refractivity contribution in [1.82, 2.24) is 30.6 Å². The molecule has 0 bridgehead atoms. The van der Waals surface area contributed by atoms with Gasteiger partial charge in [0, 0.05) is 63.8 Å². The van der Waals surface area contributed by atoms with Crippen molar-refractivity contribution in [2.24, 2.45) is 17.8 Å². The molecule has 2 saturated carbocycles. The molecule has 1 aromatic heterocycles. The summed E-state index contributed by atoms with van der Waals surface area (Å²) in [5.41, 5.74) is 0.984. The van der Waals surface area contributed by atoms with Crippen molar-refractivity contribution in [2.75, 3.05) is 49.1 Å². The van der Waals surface area contributed by atoms with Crippen LogP contribution in [0.1, 0.15) is 82.2 Å². The molecule has 17 heteroatoms. The largest absolute Gasteiger partial charge is 0.490 e. The molecule has 1 unspecified atom stereocenters. The van der Waals surface area contributed by atoms with Crippen LogP contribution in [-0.2, 0) is 9.59 Å². The molecule has 9 rings (SSSR count). The number of aromatic nitrogens is 2. The summed E-state index contributed by atoms with van der Waals surface area (Å²) in [6, 6.07) is 12.4. The minimum Gasteiger partial charge on any atom is -0.490 e. The maximum absolute atomic E-state index is 15.5. The van der Waals surface area contributed by atoms with E-state index >= 15 is 4.39 Å². The number of benzene rings is 2. The zero-order valence-electron chi connectivity index (χ0n) is 32.4. The Balaban J connectivity index is 0.725. The van der Waals surface area contributed by atoms with Gasteiger partial charge in [-0.1, -0.05) is 11.6 Å². The number of amides is 5. The van der Waals surface area contributed by atoms with Gasteiger partial charge in [0.25, 0.3) is 17.7 Å². The van der Waals surface area contributed by atoms with Crippen LogP contribution in [-0.4, -0.2) is 113 Å². The van der Waals surface area contributed by atoms with Gasteiger partial charge >= 0.3 is 0 Å². The van der Waals surface area contributed by atoms with Crippen molar-refractivity contribution >= 4 is 52.6 Å². The fraction of sp³-hybridized carbons (Fsp3) is 0.476. The Morgan fingerprint density at radius 3 is 2.36 bits per heavy atom. The molecule has 5 amide bonds. The summed E-state index contributed by atoms with van der Waals surface area (Å²) in [7, 11) is 0. The molecule has 4 aliphatic heterocycles. The molecule has 5 fully saturated rings. The van der Waals surface area contributed by atoms with Gasteiger partial charge in [0.05, 0.1) is 33.5 Å². The second kappa shape index (κ2) is 15.5. The van der Waals surface area contributed by atoms with Crippen molar-refractivity contribution in [3.8, 4) is 11.8 Å². The van der Waals surface area contributed by atoms with Crippen molar-refractivity contribution in [2.45, 2.75) is 69.7 Å². The second-order valence-electron chi connectivity index (χ2n) is 16.6. The number of halogens is 2. The first-order chi connectivity index (χ1) is 28.4. The lowest BCUT2D eigenvalue weighted by atomic mass is 9.93. The second-order valence-corrected chi connectivity index (χ2v) is 17.0. The van der Waals surface area contributed by atoms with E-state index in [9.17, 15) is 24.0 Å². The Kier molecular flexibility index (Phi) is 10.2. The molecule has 15 nitrogen and oxygen atoms in total. The monoisotopic (exact) mass is 823 g/mol. The third-order valence-electron chi connectivity index (χ3n) is 13.0. The highest BCUT2D eigenvalue weighted by molar-refractivity contribution is 6.31. The lowest BCUT2D eigenvalue weighted by Crippen LogP contribution is -2.54. The van der Waals surface area contributed by atoms with Gasteiger partial charge in [0.15, 0.2) is 11.5 Å². The molecule has 3 saturated heterocycles. The smallest absolute Gasteiger partial charge is 0.272 e. The van der Waals surface area contributed by atoms with E-state index in [0.29, 0.717) is 47.2 Å². The van der Waals surface area contributed by atoms with Crippen LogP contribution in [0.3, 0.4) is 0 Å². The number of nitrogens with zero attached hydrogens (tertiary/aromatic N) is 7. The predicted molar refractivity (Wildman–Crippen MR) is 211 cm³/mol. The van der Waals surface area contributed by atoms with Gasteiger partial charge in [-0.25, -0.2) is 4.39 Å². The third kappa shape index (κ3) is 7.46. The molecular weight excluding hydrogens is 781 g/mol. The number of rotatable bonds is 9. The van der Waals surface area contributed by atoms with E-state index < -0.39 is 35.5 Å². The van der Waals surface area contributed by atoms with E-state index in [-0.39, 0.29) is 59.4 Å². The molecule has 5 heterocycles. The highest BCUT2D eigenvalue weighted by atomic mass is 35.5. The molecular formula is C42H43ClFN9O6. The van der Waals surface area contributed by atoms with Crippen molar-refractivity contribution in [3.05, 3.63) is 75.7 Å². The fourth-order valence-electron chi connectivity index (χ4n) is 9.64. The molecule has 0 radical (unpaired) electrons. The number of anilines is 2. The van der Waals surface area contributed by atoms with Crippen LogP contribution < -0.4 is 25.2 Å². The maximum atomic E-state index is 15.5. The van der Waals surface area contributed by atoms with Gasteiger partial charge in [-0.05, 0) is 93.2 Å². The summed E-state index contributed by atoms with van der Waals surface area (Å²) in [4.78, 5) is 71.1. The zero-order chi connectivity index (χ0) is 41.1. The zero-order valence-corrected chi connectivity index (χ0v) is 33.2. The van der Waals surface area contributed by atoms with E-state index in [2.05, 4.69) is 37.6 Å². The molecule has 5 atom stereocenters. The summed E-state index contributed by atoms with van der Waals surface area (Å²) < 4.78 is 21.6. The van der Waals surface area contributed by atoms with Gasteiger partial charge in [-0.2, -0.15) is 5.26 Å². The van der Waals surface area contributed by atoms with E-state index in [1.165, 1.54) is 6.07 Å². The lowest BCUT2D eigenvalue weighted by Gasteiger charge is -2.40. The Hall–Kier alpha value is -5.66. The van der Waals surface area contributed by atoms with Crippen molar-refractivity contribution < 1.29 is 33.1 Å². The standard InChI is InChI=1S/C42H43ClFN9O6/c1-22-18-51(37-10-8-34(48-49-37)39(55)46-24-3-6-25(7-4-24)59-26-5-2-23(17-45)32(43)14-26)13-12-50(22)19-29-30-20-52(21-31(29)30)36-16-28-27(15-33(36)44)41(57)53(42(28)58)35-9-11-38(54)47-40(35)56/h2,5,8,10,14-16,22,24-25,29-31,35H,3-4,6-7,9,11-13,18-21H2,1H3,(H,46,55)(H,47,54,56)/t22-,24-,25-,29-,30-,31+,35?/m0/s1. The summed E-state index contributed by atoms with van der Waals surface area (Å²) in [6.45, 7) is 6.80. The predicted octanol–water partition coefficient (Wildman–Crippen LogP) is 3.55. The lowest BCUT2D eigenvalue weighted by molar-refractivity contribution is -0.136. The van der Waals surface area contributed by atoms with Gasteiger partial charge in [0.2, 0.25) is 11.8 Å². The number of piperazine rings is 1. The van der Waals surface area contributed by atoms with Crippen LogP contribution in [0, 0.1) is 34.9 Å². The summed E-state index contributed by atoms with van der Waals surface area (Å²) in [6.07, 6.45) is 3.14. The first-order valence-corrected chi connectivity index (χ1v) is 20.6. The Morgan fingerprint density at radius 1 is 0.949 bits per heavy atom. The highest BCUT2D eigenvalue weighted by Crippen LogP contribution is 2.53. The summed E-state index contributed by atoms with van der Waals surface area (Å²) in [5, 5.41) is 23.4. The highest BCUT2D eigenvalue weighted by Gasteiger charge is 2.57. The molecule has 2 aliphatic carbocycles. The van der Waals surface area contributed by atoms with Crippen molar-refractivity contribution in [1.29, 1.82) is 5.26 Å². The van der Waals surface area contributed by atoms with Crippen molar-refractivity contribution in [3.63, 3.8) is 0 Å². The minimum atomic E-state index is -1.10. The first-order valence-electron chi connectivity index (χ1n) is 20.3. The van der Waals surface area contributed by atoms with E-state index in [1.807, 2.05) is 17.0 Å². The SMILES string of the molecule is C[C@H]1CN(c2ccc(C(=O)N[C@H]3CC[C@H](Oc4ccc(C#N)c(Cl)c4)CC3)nn2)CCN1C[C@H]1[C@@H]2CN(c3cc4c(cc3F)C(=O)N(C3CCC(=O)NC3=O)C4=O)C[C@@H]21.